The van der Waals surface area contributed by atoms with Crippen molar-refractivity contribution in [3.63, 3.8) is 0 Å². The SMILES string of the molecule is CC(C)NC(=O)C1N(CCCCCO)C(=O)[C@@H]2[C@H](C(=O)Nc3ccccc3)[C@@H]3CCC12O3. The average Bonchev–Trinajstić information content (AvgIpc) is 3.39. The Hall–Kier alpha value is -2.45. The number of nitrogens with one attached hydrogen (secondary N) is 2. The highest BCUT2D eigenvalue weighted by Gasteiger charge is 2.74. The van der Waals surface area contributed by atoms with E-state index in [2.05, 4.69) is 10.6 Å². The maximum absolute atomic E-state index is 13.6. The first kappa shape index (κ1) is 22.7. The number of ether oxygens (including phenoxy) is 1. The van der Waals surface area contributed by atoms with E-state index in [-0.39, 0.29) is 36.5 Å². The average molecular weight is 444 g/mol. The lowest BCUT2D eigenvalue weighted by molar-refractivity contribution is -0.141. The van der Waals surface area contributed by atoms with Crippen LogP contribution in [0.1, 0.15) is 46.0 Å². The number of benzene rings is 1. The number of aliphatic hydroxyl groups excluding tert-OH is 1. The summed E-state index contributed by atoms with van der Waals surface area (Å²) in [5.41, 5.74) is -0.286. The first-order valence-corrected chi connectivity index (χ1v) is 11.6. The van der Waals surface area contributed by atoms with Crippen LogP contribution in [0.25, 0.3) is 0 Å². The predicted molar refractivity (Wildman–Crippen MR) is 119 cm³/mol. The van der Waals surface area contributed by atoms with Crippen molar-refractivity contribution < 1.29 is 24.2 Å². The highest BCUT2D eigenvalue weighted by molar-refractivity contribution is 6.02. The summed E-state index contributed by atoms with van der Waals surface area (Å²) in [5, 5.41) is 15.0. The summed E-state index contributed by atoms with van der Waals surface area (Å²) in [7, 11) is 0. The van der Waals surface area contributed by atoms with Crippen molar-refractivity contribution in [2.45, 2.75) is 69.7 Å². The van der Waals surface area contributed by atoms with Crippen LogP contribution < -0.4 is 10.6 Å². The number of fused-ring (bicyclic) bond motifs is 1. The van der Waals surface area contributed by atoms with E-state index in [0.717, 1.165) is 6.42 Å². The number of rotatable bonds is 9. The predicted octanol–water partition coefficient (Wildman–Crippen LogP) is 1.69. The van der Waals surface area contributed by atoms with Gasteiger partial charge in [0.25, 0.3) is 0 Å². The second-order valence-corrected chi connectivity index (χ2v) is 9.39. The molecule has 0 aliphatic carbocycles. The van der Waals surface area contributed by atoms with Gasteiger partial charge < -0.3 is 25.4 Å². The fourth-order valence-electron chi connectivity index (χ4n) is 5.68. The van der Waals surface area contributed by atoms with Gasteiger partial charge in [0.2, 0.25) is 17.7 Å². The molecule has 3 heterocycles. The van der Waals surface area contributed by atoms with Gasteiger partial charge in [-0.2, -0.15) is 0 Å². The van der Waals surface area contributed by atoms with Crippen LogP contribution in [-0.2, 0) is 19.1 Å². The molecule has 0 radical (unpaired) electrons. The number of carbonyl (C=O) groups excluding carboxylic acids is 3. The second kappa shape index (κ2) is 9.19. The van der Waals surface area contributed by atoms with Crippen molar-refractivity contribution in [3.8, 4) is 0 Å². The molecule has 8 heteroatoms. The molecular weight excluding hydrogens is 410 g/mol. The van der Waals surface area contributed by atoms with Gasteiger partial charge in [-0.15, -0.1) is 0 Å². The van der Waals surface area contributed by atoms with E-state index in [0.29, 0.717) is 37.9 Å². The van der Waals surface area contributed by atoms with Gasteiger partial charge in [-0.3, -0.25) is 14.4 Å². The molecule has 1 aromatic rings. The minimum atomic E-state index is -0.962. The number of aliphatic hydroxyl groups is 1. The molecule has 3 aliphatic rings. The Morgan fingerprint density at radius 1 is 1.19 bits per heavy atom. The van der Waals surface area contributed by atoms with Gasteiger partial charge >= 0.3 is 0 Å². The molecule has 1 spiro atoms. The third-order valence-corrected chi connectivity index (χ3v) is 6.88. The molecular formula is C24H33N3O5. The standard InChI is InChI=1S/C24H33N3O5/c1-15(2)25-22(30)20-24-12-11-17(32-24)18(21(29)26-16-9-5-3-6-10-16)19(24)23(31)27(20)13-7-4-8-14-28/h3,5-6,9-10,15,17-20,28H,4,7-8,11-14H2,1-2H3,(H,25,30)(H,26,29)/t17-,18+,19-,20?,24?/m0/s1. The van der Waals surface area contributed by atoms with E-state index < -0.39 is 23.5 Å². The van der Waals surface area contributed by atoms with Crippen molar-refractivity contribution in [1.29, 1.82) is 0 Å². The van der Waals surface area contributed by atoms with Crippen molar-refractivity contribution in [1.82, 2.24) is 10.2 Å². The summed E-state index contributed by atoms with van der Waals surface area (Å²) in [6, 6.07) is 8.37. The van der Waals surface area contributed by atoms with Gasteiger partial charge in [-0.25, -0.2) is 0 Å². The Kier molecular flexibility index (Phi) is 6.53. The zero-order chi connectivity index (χ0) is 22.9. The highest BCUT2D eigenvalue weighted by Crippen LogP contribution is 2.58. The van der Waals surface area contributed by atoms with Crippen LogP contribution >= 0.6 is 0 Å². The van der Waals surface area contributed by atoms with E-state index in [1.807, 2.05) is 44.2 Å². The maximum atomic E-state index is 13.6. The molecule has 32 heavy (non-hydrogen) atoms. The summed E-state index contributed by atoms with van der Waals surface area (Å²) < 4.78 is 6.37. The molecule has 4 rings (SSSR count). The molecule has 3 aliphatic heterocycles. The van der Waals surface area contributed by atoms with Crippen LogP contribution in [-0.4, -0.2) is 64.7 Å². The summed E-state index contributed by atoms with van der Waals surface area (Å²) in [6.45, 7) is 4.29. The van der Waals surface area contributed by atoms with Crippen LogP contribution in [0, 0.1) is 11.8 Å². The van der Waals surface area contributed by atoms with Gasteiger partial charge in [0.05, 0.1) is 17.9 Å². The summed E-state index contributed by atoms with van der Waals surface area (Å²) in [5.74, 6) is -1.90. The number of amides is 3. The van der Waals surface area contributed by atoms with Crippen LogP contribution in [0.2, 0.25) is 0 Å². The molecule has 2 unspecified atom stereocenters. The van der Waals surface area contributed by atoms with Gasteiger partial charge in [0.15, 0.2) is 0 Å². The van der Waals surface area contributed by atoms with Crippen LogP contribution in [0.15, 0.2) is 30.3 Å². The van der Waals surface area contributed by atoms with Crippen molar-refractivity contribution in [3.05, 3.63) is 30.3 Å². The Balaban J connectivity index is 1.61. The molecule has 0 aromatic heterocycles. The van der Waals surface area contributed by atoms with Crippen molar-refractivity contribution in [2.75, 3.05) is 18.5 Å². The zero-order valence-electron chi connectivity index (χ0n) is 18.8. The van der Waals surface area contributed by atoms with Crippen LogP contribution in [0.5, 0.6) is 0 Å². The summed E-state index contributed by atoms with van der Waals surface area (Å²) in [4.78, 5) is 41.8. The minimum Gasteiger partial charge on any atom is -0.396 e. The maximum Gasteiger partial charge on any atom is 0.246 e. The quantitative estimate of drug-likeness (QED) is 0.504. The Morgan fingerprint density at radius 3 is 2.62 bits per heavy atom. The van der Waals surface area contributed by atoms with Gasteiger partial charge in [0.1, 0.15) is 11.6 Å². The summed E-state index contributed by atoms with van der Waals surface area (Å²) in [6.07, 6.45) is 2.98. The third-order valence-electron chi connectivity index (χ3n) is 6.88. The van der Waals surface area contributed by atoms with Gasteiger partial charge in [0, 0.05) is 24.9 Å². The number of para-hydroxylation sites is 1. The van der Waals surface area contributed by atoms with E-state index in [4.69, 9.17) is 9.84 Å². The molecule has 0 saturated carbocycles. The third kappa shape index (κ3) is 3.90. The number of hydrogen-bond acceptors (Lipinski definition) is 5. The van der Waals surface area contributed by atoms with E-state index in [1.165, 1.54) is 0 Å². The number of likely N-dealkylation sites (tertiary alicyclic amines) is 1. The van der Waals surface area contributed by atoms with Gasteiger partial charge in [-0.1, -0.05) is 18.2 Å². The molecule has 3 amide bonds. The first-order chi connectivity index (χ1) is 15.4. The highest BCUT2D eigenvalue weighted by atomic mass is 16.5. The number of carbonyl (C=O) groups is 3. The van der Waals surface area contributed by atoms with Crippen LogP contribution in [0.3, 0.4) is 0 Å². The smallest absolute Gasteiger partial charge is 0.246 e. The van der Waals surface area contributed by atoms with E-state index >= 15 is 0 Å². The normalized spacial score (nSPS) is 30.6. The molecule has 2 bridgehead atoms. The van der Waals surface area contributed by atoms with E-state index in [1.54, 1.807) is 4.90 Å². The van der Waals surface area contributed by atoms with Crippen LogP contribution in [0.4, 0.5) is 5.69 Å². The molecule has 3 fully saturated rings. The number of hydrogen-bond donors (Lipinski definition) is 3. The van der Waals surface area contributed by atoms with Crippen molar-refractivity contribution in [2.24, 2.45) is 11.8 Å². The fourth-order valence-corrected chi connectivity index (χ4v) is 5.68. The molecule has 174 valence electrons. The fraction of sp³-hybridized carbons (Fsp3) is 0.625. The number of nitrogens with zero attached hydrogens (tertiary/aromatic N) is 1. The number of unbranched alkanes of at least 4 members (excludes halogenated alkanes) is 2. The lowest BCUT2D eigenvalue weighted by Gasteiger charge is -2.34. The Labute approximate surface area is 188 Å². The Bertz CT molecular complexity index is 860. The molecule has 3 saturated heterocycles. The number of anilines is 1. The first-order valence-electron chi connectivity index (χ1n) is 11.6. The monoisotopic (exact) mass is 443 g/mol. The Morgan fingerprint density at radius 2 is 1.94 bits per heavy atom. The van der Waals surface area contributed by atoms with Crippen molar-refractivity contribution >= 4 is 23.4 Å². The zero-order valence-corrected chi connectivity index (χ0v) is 18.8. The second-order valence-electron chi connectivity index (χ2n) is 9.39. The molecule has 3 N–H and O–H groups in total. The largest absolute Gasteiger partial charge is 0.396 e. The lowest BCUT2D eigenvalue weighted by atomic mass is 9.70. The lowest BCUT2D eigenvalue weighted by Crippen LogP contribution is -2.56. The topological polar surface area (TPSA) is 108 Å². The molecule has 1 aromatic carbocycles. The molecule has 8 nitrogen and oxygen atoms in total. The molecule has 5 atom stereocenters. The minimum absolute atomic E-state index is 0.0694. The van der Waals surface area contributed by atoms with E-state index in [9.17, 15) is 14.4 Å². The summed E-state index contributed by atoms with van der Waals surface area (Å²) >= 11 is 0. The van der Waals surface area contributed by atoms with Gasteiger partial charge in [-0.05, 0) is 58.1 Å².